The zero-order valence-electron chi connectivity index (χ0n) is 21.3. The molecule has 3 N–H and O–H groups in total. The van der Waals surface area contributed by atoms with E-state index in [0.29, 0.717) is 18.7 Å². The van der Waals surface area contributed by atoms with Gasteiger partial charge in [0.15, 0.2) is 0 Å². The van der Waals surface area contributed by atoms with E-state index in [0.717, 1.165) is 65.2 Å². The summed E-state index contributed by atoms with van der Waals surface area (Å²) in [6, 6.07) is 20.1. The molecule has 38 heavy (non-hydrogen) atoms. The lowest BCUT2D eigenvalue weighted by molar-refractivity contribution is -0.139. The second kappa shape index (κ2) is 10.1. The van der Waals surface area contributed by atoms with Crippen LogP contribution in [0, 0.1) is 5.82 Å². The van der Waals surface area contributed by atoms with Crippen LogP contribution < -0.4 is 15.0 Å². The van der Waals surface area contributed by atoms with Gasteiger partial charge in [-0.3, -0.25) is 15.0 Å². The first-order valence-corrected chi connectivity index (χ1v) is 13.0. The van der Waals surface area contributed by atoms with Crippen LogP contribution in [0.15, 0.2) is 66.7 Å². The Hall–Kier alpha value is -3.88. The maximum Gasteiger partial charge on any atom is 0.321 e. The van der Waals surface area contributed by atoms with E-state index in [9.17, 15) is 14.3 Å². The van der Waals surface area contributed by atoms with Crippen LogP contribution in [0.1, 0.15) is 28.4 Å². The van der Waals surface area contributed by atoms with Crippen molar-refractivity contribution in [2.75, 3.05) is 38.2 Å². The van der Waals surface area contributed by atoms with Gasteiger partial charge in [0.25, 0.3) is 0 Å². The number of methoxy groups -OCH3 is 1. The molecular weight excluding hydrogens is 483 g/mol. The number of benzene rings is 3. The van der Waals surface area contributed by atoms with Crippen molar-refractivity contribution in [3.8, 4) is 5.75 Å². The van der Waals surface area contributed by atoms with Crippen molar-refractivity contribution in [1.82, 2.24) is 15.2 Å². The topological polar surface area (TPSA) is 80.8 Å². The normalized spacial score (nSPS) is 19.9. The fourth-order valence-electron chi connectivity index (χ4n) is 5.85. The van der Waals surface area contributed by atoms with Gasteiger partial charge in [-0.1, -0.05) is 36.4 Å². The van der Waals surface area contributed by atoms with Gasteiger partial charge in [0, 0.05) is 61.3 Å². The van der Waals surface area contributed by atoms with E-state index < -0.39 is 12.0 Å². The Labute approximate surface area is 220 Å². The quantitative estimate of drug-likeness (QED) is 0.356. The largest absolute Gasteiger partial charge is 0.496 e. The first-order chi connectivity index (χ1) is 18.5. The minimum absolute atomic E-state index is 0.189. The third kappa shape index (κ3) is 4.50. The van der Waals surface area contributed by atoms with Crippen LogP contribution in [-0.4, -0.2) is 60.3 Å². The van der Waals surface area contributed by atoms with Crippen LogP contribution in [0.4, 0.5) is 10.1 Å². The SMILES string of the molecule is COc1ccc([C@@H]2N[C@@H](C(=O)O)Cc3c2[nH]c2ccccc32)cc1CN1CCN(c2ccccc2F)CC1. The lowest BCUT2D eigenvalue weighted by Gasteiger charge is -2.36. The summed E-state index contributed by atoms with van der Waals surface area (Å²) in [7, 11) is 1.67. The van der Waals surface area contributed by atoms with Crippen LogP contribution in [0.3, 0.4) is 0 Å². The van der Waals surface area contributed by atoms with Crippen molar-refractivity contribution in [3.63, 3.8) is 0 Å². The molecule has 3 heterocycles. The molecular formula is C30H31FN4O3. The number of fused-ring (bicyclic) bond motifs is 3. The Morgan fingerprint density at radius 1 is 1.05 bits per heavy atom. The van der Waals surface area contributed by atoms with Gasteiger partial charge in [-0.2, -0.15) is 0 Å². The molecule has 0 unspecified atom stereocenters. The fourth-order valence-corrected chi connectivity index (χ4v) is 5.85. The van der Waals surface area contributed by atoms with Crippen molar-refractivity contribution in [2.45, 2.75) is 25.0 Å². The van der Waals surface area contributed by atoms with Crippen molar-refractivity contribution in [1.29, 1.82) is 0 Å². The number of carboxylic acid groups (broad SMARTS) is 1. The lowest BCUT2D eigenvalue weighted by atomic mass is 9.89. The molecule has 6 rings (SSSR count). The van der Waals surface area contributed by atoms with E-state index in [1.54, 1.807) is 13.2 Å². The number of hydrogen-bond donors (Lipinski definition) is 3. The Morgan fingerprint density at radius 3 is 2.58 bits per heavy atom. The Bertz CT molecular complexity index is 1480. The number of aliphatic carboxylic acids is 1. The number of carbonyl (C=O) groups is 1. The number of rotatable bonds is 6. The summed E-state index contributed by atoms with van der Waals surface area (Å²) in [4.78, 5) is 20.0. The minimum atomic E-state index is -0.854. The number of para-hydroxylation sites is 2. The van der Waals surface area contributed by atoms with E-state index in [-0.39, 0.29) is 11.9 Å². The third-order valence-electron chi connectivity index (χ3n) is 7.81. The van der Waals surface area contributed by atoms with E-state index in [2.05, 4.69) is 26.2 Å². The molecule has 1 aromatic heterocycles. The highest BCUT2D eigenvalue weighted by Gasteiger charge is 2.34. The molecule has 0 radical (unpaired) electrons. The van der Waals surface area contributed by atoms with Gasteiger partial charge in [-0.15, -0.1) is 0 Å². The maximum absolute atomic E-state index is 14.3. The molecule has 2 atom stereocenters. The number of aromatic nitrogens is 1. The van der Waals surface area contributed by atoms with Crippen LogP contribution in [-0.2, 0) is 17.8 Å². The van der Waals surface area contributed by atoms with E-state index >= 15 is 0 Å². The number of nitrogens with one attached hydrogen (secondary N) is 2. The summed E-state index contributed by atoms with van der Waals surface area (Å²) in [6.07, 6.45) is 0.431. The summed E-state index contributed by atoms with van der Waals surface area (Å²) < 4.78 is 20.0. The molecule has 2 aliphatic rings. The number of nitrogens with zero attached hydrogens (tertiary/aromatic N) is 2. The molecule has 0 aliphatic carbocycles. The standard InChI is InChI=1S/C30H31FN4O3/c1-38-27-11-10-19(16-20(27)18-34-12-14-35(15-13-34)26-9-5-3-7-23(26)31)28-29-22(17-25(33-28)30(36)37)21-6-2-4-8-24(21)32-29/h2-11,16,25,28,32-33H,12-15,17-18H2,1H3,(H,36,37)/t25-,28+/m1/s1. The van der Waals surface area contributed by atoms with E-state index in [4.69, 9.17) is 4.74 Å². The highest BCUT2D eigenvalue weighted by molar-refractivity contribution is 5.87. The Morgan fingerprint density at radius 2 is 1.82 bits per heavy atom. The van der Waals surface area contributed by atoms with E-state index in [1.165, 1.54) is 6.07 Å². The molecule has 7 nitrogen and oxygen atoms in total. The van der Waals surface area contributed by atoms with Gasteiger partial charge < -0.3 is 19.7 Å². The lowest BCUT2D eigenvalue weighted by Crippen LogP contribution is -2.46. The summed E-state index contributed by atoms with van der Waals surface area (Å²) in [5, 5.41) is 14.3. The summed E-state index contributed by atoms with van der Waals surface area (Å²) in [5.41, 5.74) is 5.76. The molecule has 0 amide bonds. The average molecular weight is 515 g/mol. The first-order valence-electron chi connectivity index (χ1n) is 13.0. The van der Waals surface area contributed by atoms with Crippen LogP contribution in [0.5, 0.6) is 5.75 Å². The monoisotopic (exact) mass is 514 g/mol. The van der Waals surface area contributed by atoms with E-state index in [1.807, 2.05) is 48.5 Å². The number of anilines is 1. The zero-order valence-corrected chi connectivity index (χ0v) is 21.3. The van der Waals surface area contributed by atoms with Crippen molar-refractivity contribution in [2.24, 2.45) is 0 Å². The van der Waals surface area contributed by atoms with Crippen LogP contribution in [0.25, 0.3) is 10.9 Å². The highest BCUT2D eigenvalue weighted by atomic mass is 19.1. The minimum Gasteiger partial charge on any atom is -0.496 e. The van der Waals surface area contributed by atoms with Crippen molar-refractivity contribution >= 4 is 22.6 Å². The molecule has 3 aromatic carbocycles. The average Bonchev–Trinajstić information content (AvgIpc) is 3.32. The maximum atomic E-state index is 14.3. The number of aromatic amines is 1. The van der Waals surface area contributed by atoms with Gasteiger partial charge in [0.1, 0.15) is 17.6 Å². The third-order valence-corrected chi connectivity index (χ3v) is 7.81. The zero-order chi connectivity index (χ0) is 26.2. The second-order valence-electron chi connectivity index (χ2n) is 10.0. The summed E-state index contributed by atoms with van der Waals surface area (Å²) >= 11 is 0. The number of H-pyrrole nitrogens is 1. The number of carboxylic acids is 1. The second-order valence-corrected chi connectivity index (χ2v) is 10.0. The first kappa shape index (κ1) is 24.5. The smallest absolute Gasteiger partial charge is 0.321 e. The highest BCUT2D eigenvalue weighted by Crippen LogP contribution is 2.37. The number of halogens is 1. The van der Waals surface area contributed by atoms with Crippen LogP contribution >= 0.6 is 0 Å². The fraction of sp³-hybridized carbons (Fsp3) is 0.300. The molecule has 2 aliphatic heterocycles. The van der Waals surface area contributed by atoms with Gasteiger partial charge in [0.2, 0.25) is 0 Å². The van der Waals surface area contributed by atoms with Crippen LogP contribution in [0.2, 0.25) is 0 Å². The molecule has 0 saturated carbocycles. The molecule has 4 aromatic rings. The molecule has 8 heteroatoms. The number of ether oxygens (including phenoxy) is 1. The molecule has 1 saturated heterocycles. The summed E-state index contributed by atoms with van der Waals surface area (Å²) in [6.45, 7) is 3.78. The van der Waals surface area contributed by atoms with Gasteiger partial charge >= 0.3 is 5.97 Å². The molecule has 196 valence electrons. The predicted molar refractivity (Wildman–Crippen MR) is 145 cm³/mol. The molecule has 0 spiro atoms. The molecule has 0 bridgehead atoms. The number of hydrogen-bond acceptors (Lipinski definition) is 5. The Kier molecular flexibility index (Phi) is 6.51. The van der Waals surface area contributed by atoms with Gasteiger partial charge in [-0.05, 0) is 41.5 Å². The molecule has 1 fully saturated rings. The Balaban J connectivity index is 1.27. The van der Waals surface area contributed by atoms with Crippen molar-refractivity contribution in [3.05, 3.63) is 94.9 Å². The van der Waals surface area contributed by atoms with Gasteiger partial charge in [0.05, 0.1) is 18.8 Å². The van der Waals surface area contributed by atoms with Gasteiger partial charge in [-0.25, -0.2) is 4.39 Å². The van der Waals surface area contributed by atoms with Crippen molar-refractivity contribution < 1.29 is 19.0 Å². The summed E-state index contributed by atoms with van der Waals surface area (Å²) in [5.74, 6) is -0.244. The predicted octanol–water partition coefficient (Wildman–Crippen LogP) is 4.33. The number of piperazine rings is 1.